The molecule has 2 aromatic rings. The summed E-state index contributed by atoms with van der Waals surface area (Å²) < 4.78 is 12.8. The molecule has 0 aromatic heterocycles. The summed E-state index contributed by atoms with van der Waals surface area (Å²) in [5.41, 5.74) is 0.686. The van der Waals surface area contributed by atoms with Crippen molar-refractivity contribution in [1.82, 2.24) is 10.2 Å². The summed E-state index contributed by atoms with van der Waals surface area (Å²) in [5.74, 6) is 0.876. The molecule has 29 heavy (non-hydrogen) atoms. The van der Waals surface area contributed by atoms with Crippen molar-refractivity contribution >= 4 is 44.9 Å². The Morgan fingerprint density at radius 2 is 2.07 bits per heavy atom. The Hall–Kier alpha value is -2.32. The van der Waals surface area contributed by atoms with Gasteiger partial charge in [-0.05, 0) is 49.5 Å². The molecule has 0 radical (unpaired) electrons. The lowest BCUT2D eigenvalue weighted by atomic mass is 9.78. The molecular formula is C21H22BrN3O3S. The minimum absolute atomic E-state index is 0.0361. The van der Waals surface area contributed by atoms with E-state index in [1.807, 2.05) is 54.3 Å². The first kappa shape index (κ1) is 20.0. The monoisotopic (exact) mass is 475 g/mol. The number of hydrogen-bond donors (Lipinski definition) is 1. The number of rotatable bonds is 3. The number of thiocarbonyl (C=S) groups is 1. The van der Waals surface area contributed by atoms with E-state index in [-0.39, 0.29) is 11.9 Å². The number of fused-ring (bicyclic) bond motifs is 4. The molecule has 2 aliphatic rings. The summed E-state index contributed by atoms with van der Waals surface area (Å²) in [6.07, 6.45) is 0. The zero-order chi connectivity index (χ0) is 20.9. The third-order valence-corrected chi connectivity index (χ3v) is 6.27. The van der Waals surface area contributed by atoms with Gasteiger partial charge in [0.15, 0.2) is 10.8 Å². The van der Waals surface area contributed by atoms with Crippen molar-refractivity contribution < 1.29 is 14.3 Å². The number of hydrogen-bond acceptors (Lipinski definition) is 4. The third kappa shape index (κ3) is 3.14. The maximum Gasteiger partial charge on any atom is 0.233 e. The fraction of sp³-hybridized carbons (Fsp3) is 0.333. The second kappa shape index (κ2) is 7.18. The molecule has 0 aliphatic carbocycles. The van der Waals surface area contributed by atoms with Crippen molar-refractivity contribution in [1.29, 1.82) is 0 Å². The van der Waals surface area contributed by atoms with Gasteiger partial charge < -0.3 is 19.7 Å². The SMILES string of the molecule is COc1cccc(N2C(=S)NC3c4cc(Br)ccc4OC2(C)C3C(=O)N(C)C)c1. The number of halogens is 1. The highest BCUT2D eigenvalue weighted by Crippen LogP contribution is 2.50. The summed E-state index contributed by atoms with van der Waals surface area (Å²) in [4.78, 5) is 16.8. The zero-order valence-electron chi connectivity index (χ0n) is 16.6. The third-order valence-electron chi connectivity index (χ3n) is 5.48. The van der Waals surface area contributed by atoms with Crippen LogP contribution in [0.25, 0.3) is 0 Å². The van der Waals surface area contributed by atoms with E-state index in [1.165, 1.54) is 0 Å². The number of carbonyl (C=O) groups excluding carboxylic acids is 1. The van der Waals surface area contributed by atoms with E-state index in [0.29, 0.717) is 10.9 Å². The highest BCUT2D eigenvalue weighted by atomic mass is 79.9. The Morgan fingerprint density at radius 3 is 2.76 bits per heavy atom. The number of anilines is 1. The van der Waals surface area contributed by atoms with Crippen LogP contribution in [0.2, 0.25) is 0 Å². The van der Waals surface area contributed by atoms with Crippen LogP contribution in [0.15, 0.2) is 46.9 Å². The first-order valence-electron chi connectivity index (χ1n) is 9.20. The van der Waals surface area contributed by atoms with Crippen molar-refractivity contribution in [3.8, 4) is 11.5 Å². The summed E-state index contributed by atoms with van der Waals surface area (Å²) in [5, 5.41) is 3.90. The smallest absolute Gasteiger partial charge is 0.233 e. The van der Waals surface area contributed by atoms with Crippen molar-refractivity contribution in [2.75, 3.05) is 26.1 Å². The van der Waals surface area contributed by atoms with Crippen molar-refractivity contribution in [3.05, 3.63) is 52.5 Å². The van der Waals surface area contributed by atoms with Crippen LogP contribution >= 0.6 is 28.1 Å². The molecule has 3 unspecified atom stereocenters. The standard InChI is InChI=1S/C21H22BrN3O3S/c1-21-17(19(26)24(2)3)18(15-10-12(22)8-9-16(15)28-21)23-20(29)25(21)13-6-5-7-14(11-13)27-4/h5-11,17-18H,1-4H3,(H,23,29). The highest BCUT2D eigenvalue weighted by Gasteiger charge is 2.59. The highest BCUT2D eigenvalue weighted by molar-refractivity contribution is 9.10. The molecule has 1 N–H and O–H groups in total. The van der Waals surface area contributed by atoms with Gasteiger partial charge >= 0.3 is 0 Å². The van der Waals surface area contributed by atoms with Crippen molar-refractivity contribution in [3.63, 3.8) is 0 Å². The maximum absolute atomic E-state index is 13.3. The number of benzene rings is 2. The predicted octanol–water partition coefficient (Wildman–Crippen LogP) is 3.71. The number of ether oxygens (including phenoxy) is 2. The molecular weight excluding hydrogens is 454 g/mol. The molecule has 8 heteroatoms. The lowest BCUT2D eigenvalue weighted by Crippen LogP contribution is -2.72. The van der Waals surface area contributed by atoms with Gasteiger partial charge in [-0.25, -0.2) is 0 Å². The Morgan fingerprint density at radius 1 is 1.31 bits per heavy atom. The average Bonchev–Trinajstić information content (AvgIpc) is 2.67. The number of carbonyl (C=O) groups is 1. The lowest BCUT2D eigenvalue weighted by Gasteiger charge is -2.56. The molecule has 4 rings (SSSR count). The van der Waals surface area contributed by atoms with Gasteiger partial charge in [0.25, 0.3) is 0 Å². The van der Waals surface area contributed by atoms with E-state index in [4.69, 9.17) is 21.7 Å². The maximum atomic E-state index is 13.3. The van der Waals surface area contributed by atoms with Gasteiger partial charge in [-0.15, -0.1) is 0 Å². The van der Waals surface area contributed by atoms with Crippen LogP contribution in [0.5, 0.6) is 11.5 Å². The molecule has 1 saturated heterocycles. The minimum Gasteiger partial charge on any atom is -0.497 e. The molecule has 1 amide bonds. The molecule has 2 aliphatic heterocycles. The second-order valence-corrected chi connectivity index (χ2v) is 8.82. The quantitative estimate of drug-likeness (QED) is 0.682. The molecule has 3 atom stereocenters. The van der Waals surface area contributed by atoms with Crippen LogP contribution in [0.4, 0.5) is 5.69 Å². The minimum atomic E-state index is -1.01. The molecule has 1 fully saturated rings. The zero-order valence-corrected chi connectivity index (χ0v) is 19.0. The predicted molar refractivity (Wildman–Crippen MR) is 119 cm³/mol. The van der Waals surface area contributed by atoms with Gasteiger partial charge in [0.2, 0.25) is 5.91 Å². The van der Waals surface area contributed by atoms with E-state index >= 15 is 0 Å². The number of nitrogens with zero attached hydrogens (tertiary/aromatic N) is 2. The molecule has 0 spiro atoms. The summed E-state index contributed by atoms with van der Waals surface area (Å²) in [7, 11) is 5.13. The van der Waals surface area contributed by atoms with Crippen LogP contribution in [-0.2, 0) is 4.79 Å². The van der Waals surface area contributed by atoms with E-state index < -0.39 is 11.6 Å². The van der Waals surface area contributed by atoms with Crippen LogP contribution in [0.1, 0.15) is 18.5 Å². The van der Waals surface area contributed by atoms with E-state index in [2.05, 4.69) is 21.2 Å². The molecule has 2 aromatic carbocycles. The van der Waals surface area contributed by atoms with Crippen LogP contribution in [0.3, 0.4) is 0 Å². The summed E-state index contributed by atoms with van der Waals surface area (Å²) in [6.45, 7) is 1.92. The van der Waals surface area contributed by atoms with E-state index in [0.717, 1.165) is 21.5 Å². The van der Waals surface area contributed by atoms with Crippen LogP contribution < -0.4 is 19.7 Å². The normalized spacial score (nSPS) is 24.9. The Balaban J connectivity index is 1.91. The van der Waals surface area contributed by atoms with Crippen molar-refractivity contribution in [2.45, 2.75) is 18.7 Å². The van der Waals surface area contributed by atoms with Gasteiger partial charge in [0, 0.05) is 30.2 Å². The molecule has 6 nitrogen and oxygen atoms in total. The Kier molecular flexibility index (Phi) is 4.94. The Bertz CT molecular complexity index is 999. The fourth-order valence-electron chi connectivity index (χ4n) is 4.15. The number of methoxy groups -OCH3 is 1. The summed E-state index contributed by atoms with van der Waals surface area (Å²) in [6, 6.07) is 13.1. The molecule has 0 saturated carbocycles. The molecule has 2 bridgehead atoms. The first-order chi connectivity index (χ1) is 13.8. The fourth-order valence-corrected chi connectivity index (χ4v) is 4.94. The largest absolute Gasteiger partial charge is 0.497 e. The first-order valence-corrected chi connectivity index (χ1v) is 10.4. The van der Waals surface area contributed by atoms with E-state index in [9.17, 15) is 4.79 Å². The number of amides is 1. The topological polar surface area (TPSA) is 54.0 Å². The molecule has 2 heterocycles. The number of nitrogens with one attached hydrogen (secondary N) is 1. The van der Waals surface area contributed by atoms with Gasteiger partial charge in [0.1, 0.15) is 17.4 Å². The average molecular weight is 476 g/mol. The van der Waals surface area contributed by atoms with Crippen LogP contribution in [-0.4, -0.2) is 42.8 Å². The summed E-state index contributed by atoms with van der Waals surface area (Å²) >= 11 is 9.26. The van der Waals surface area contributed by atoms with Crippen molar-refractivity contribution in [2.24, 2.45) is 5.92 Å². The van der Waals surface area contributed by atoms with Gasteiger partial charge in [-0.1, -0.05) is 22.0 Å². The van der Waals surface area contributed by atoms with Gasteiger partial charge in [-0.2, -0.15) is 0 Å². The Labute approximate surface area is 183 Å². The lowest BCUT2D eigenvalue weighted by molar-refractivity contribution is -0.144. The van der Waals surface area contributed by atoms with Crippen LogP contribution in [0, 0.1) is 5.92 Å². The van der Waals surface area contributed by atoms with Gasteiger partial charge in [0.05, 0.1) is 18.8 Å². The van der Waals surface area contributed by atoms with E-state index in [1.54, 1.807) is 26.1 Å². The second-order valence-electron chi connectivity index (χ2n) is 7.51. The molecule has 152 valence electrons. The van der Waals surface area contributed by atoms with Gasteiger partial charge in [-0.3, -0.25) is 9.69 Å².